The third-order valence-corrected chi connectivity index (χ3v) is 4.97. The van der Waals surface area contributed by atoms with Crippen molar-refractivity contribution in [2.45, 2.75) is 32.2 Å². The van der Waals surface area contributed by atoms with Crippen molar-refractivity contribution >= 4 is 23.2 Å². The topological polar surface area (TPSA) is 40.6 Å². The second-order valence-corrected chi connectivity index (χ2v) is 6.55. The molecule has 0 fully saturated rings. The maximum absolute atomic E-state index is 12.8. The monoisotopic (exact) mass is 320 g/mol. The van der Waals surface area contributed by atoms with E-state index in [-0.39, 0.29) is 24.3 Å². The highest BCUT2D eigenvalue weighted by Crippen LogP contribution is 2.33. The number of anilines is 2. The number of carbonyl (C=O) groups excluding carboxylic acids is 2. The standard InChI is InChI=1S/C20H20N2O2/c1-14-12-16-7-3-5-9-18(16)22(14)20(24)13-19(23)21-11-10-15-6-2-4-8-17(15)21/h2-9,14H,10-13H2,1H3. The summed E-state index contributed by atoms with van der Waals surface area (Å²) in [5, 5.41) is 0. The summed E-state index contributed by atoms with van der Waals surface area (Å²) < 4.78 is 0. The van der Waals surface area contributed by atoms with Crippen molar-refractivity contribution in [3.63, 3.8) is 0 Å². The molecule has 0 aliphatic carbocycles. The third kappa shape index (κ3) is 2.39. The number of carbonyl (C=O) groups is 2. The maximum Gasteiger partial charge on any atom is 0.236 e. The van der Waals surface area contributed by atoms with E-state index in [0.717, 1.165) is 24.2 Å². The van der Waals surface area contributed by atoms with Gasteiger partial charge in [-0.25, -0.2) is 0 Å². The quantitative estimate of drug-likeness (QED) is 0.798. The fourth-order valence-electron chi connectivity index (χ4n) is 3.85. The van der Waals surface area contributed by atoms with E-state index < -0.39 is 0 Å². The van der Waals surface area contributed by atoms with E-state index in [9.17, 15) is 9.59 Å². The maximum atomic E-state index is 12.8. The highest BCUT2D eigenvalue weighted by Gasteiger charge is 2.33. The van der Waals surface area contributed by atoms with Gasteiger partial charge in [0, 0.05) is 24.0 Å². The molecule has 0 bridgehead atoms. The zero-order chi connectivity index (χ0) is 16.7. The Morgan fingerprint density at radius 3 is 2.42 bits per heavy atom. The van der Waals surface area contributed by atoms with Gasteiger partial charge in [0.05, 0.1) is 0 Å². The van der Waals surface area contributed by atoms with E-state index in [2.05, 4.69) is 6.07 Å². The summed E-state index contributed by atoms with van der Waals surface area (Å²) in [7, 11) is 0. The SMILES string of the molecule is CC1Cc2ccccc2N1C(=O)CC(=O)N1CCc2ccccc21. The van der Waals surface area contributed by atoms with Crippen LogP contribution in [0.2, 0.25) is 0 Å². The smallest absolute Gasteiger partial charge is 0.236 e. The number of fused-ring (bicyclic) bond motifs is 2. The molecule has 1 unspecified atom stereocenters. The summed E-state index contributed by atoms with van der Waals surface area (Å²) in [6, 6.07) is 16.0. The molecule has 0 N–H and O–H groups in total. The van der Waals surface area contributed by atoms with Gasteiger partial charge in [0.25, 0.3) is 0 Å². The zero-order valence-corrected chi connectivity index (χ0v) is 13.7. The summed E-state index contributed by atoms with van der Waals surface area (Å²) in [6.45, 7) is 2.70. The van der Waals surface area contributed by atoms with Crippen LogP contribution in [-0.4, -0.2) is 24.4 Å². The van der Waals surface area contributed by atoms with E-state index in [1.807, 2.05) is 49.4 Å². The van der Waals surface area contributed by atoms with E-state index in [1.165, 1.54) is 11.1 Å². The van der Waals surface area contributed by atoms with Gasteiger partial charge in [0.15, 0.2) is 0 Å². The average molecular weight is 320 g/mol. The number of hydrogen-bond acceptors (Lipinski definition) is 2. The molecule has 0 aromatic heterocycles. The Morgan fingerprint density at radius 1 is 0.958 bits per heavy atom. The van der Waals surface area contributed by atoms with Gasteiger partial charge in [-0.2, -0.15) is 0 Å². The summed E-state index contributed by atoms with van der Waals surface area (Å²) in [5.74, 6) is -0.219. The van der Waals surface area contributed by atoms with Crippen LogP contribution in [0.15, 0.2) is 48.5 Å². The molecule has 4 rings (SSSR count). The van der Waals surface area contributed by atoms with Crippen molar-refractivity contribution in [2.75, 3.05) is 16.3 Å². The molecular formula is C20H20N2O2. The number of nitrogens with zero attached hydrogens (tertiary/aromatic N) is 2. The fraction of sp³-hybridized carbons (Fsp3) is 0.300. The van der Waals surface area contributed by atoms with Crippen LogP contribution < -0.4 is 9.80 Å². The lowest BCUT2D eigenvalue weighted by atomic mass is 10.1. The fourth-order valence-corrected chi connectivity index (χ4v) is 3.85. The Bertz CT molecular complexity index is 815. The number of para-hydroxylation sites is 2. The van der Waals surface area contributed by atoms with Crippen LogP contribution in [0.4, 0.5) is 11.4 Å². The molecule has 24 heavy (non-hydrogen) atoms. The first-order chi connectivity index (χ1) is 11.6. The second-order valence-electron chi connectivity index (χ2n) is 6.55. The van der Waals surface area contributed by atoms with Crippen molar-refractivity contribution in [2.24, 2.45) is 0 Å². The average Bonchev–Trinajstić information content (AvgIpc) is 3.14. The molecule has 4 heteroatoms. The number of rotatable bonds is 2. The minimum atomic E-state index is -0.110. The molecule has 2 aliphatic rings. The molecule has 1 atom stereocenters. The molecule has 122 valence electrons. The molecule has 2 amide bonds. The number of amides is 2. The van der Waals surface area contributed by atoms with E-state index in [0.29, 0.717) is 6.54 Å². The lowest BCUT2D eigenvalue weighted by Gasteiger charge is -2.24. The van der Waals surface area contributed by atoms with Crippen LogP contribution in [0, 0.1) is 0 Å². The molecule has 2 aromatic rings. The first-order valence-corrected chi connectivity index (χ1v) is 8.43. The molecule has 4 nitrogen and oxygen atoms in total. The Kier molecular flexibility index (Phi) is 3.60. The van der Waals surface area contributed by atoms with Gasteiger partial charge in [0.1, 0.15) is 6.42 Å². The first kappa shape index (κ1) is 14.9. The highest BCUT2D eigenvalue weighted by molar-refractivity contribution is 6.11. The number of hydrogen-bond donors (Lipinski definition) is 0. The molecule has 2 aromatic carbocycles. The van der Waals surface area contributed by atoms with Crippen molar-refractivity contribution in [3.8, 4) is 0 Å². The largest absolute Gasteiger partial charge is 0.311 e. The second kappa shape index (κ2) is 5.78. The van der Waals surface area contributed by atoms with Gasteiger partial charge >= 0.3 is 0 Å². The van der Waals surface area contributed by atoms with Crippen LogP contribution in [0.3, 0.4) is 0 Å². The van der Waals surface area contributed by atoms with E-state index >= 15 is 0 Å². The van der Waals surface area contributed by atoms with Crippen LogP contribution in [-0.2, 0) is 22.4 Å². The van der Waals surface area contributed by atoms with E-state index in [4.69, 9.17) is 0 Å². The van der Waals surface area contributed by atoms with Crippen molar-refractivity contribution in [3.05, 3.63) is 59.7 Å². The Balaban J connectivity index is 1.52. The van der Waals surface area contributed by atoms with Gasteiger partial charge in [-0.3, -0.25) is 9.59 Å². The highest BCUT2D eigenvalue weighted by atomic mass is 16.2. The normalized spacial score (nSPS) is 18.5. The minimum absolute atomic E-state index is 0.0764. The Morgan fingerprint density at radius 2 is 1.62 bits per heavy atom. The summed E-state index contributed by atoms with van der Waals surface area (Å²) >= 11 is 0. The van der Waals surface area contributed by atoms with Gasteiger partial charge in [-0.05, 0) is 43.0 Å². The Labute approximate surface area is 141 Å². The van der Waals surface area contributed by atoms with Crippen molar-refractivity contribution in [1.82, 2.24) is 0 Å². The Hall–Kier alpha value is -2.62. The van der Waals surface area contributed by atoms with Crippen LogP contribution in [0.5, 0.6) is 0 Å². The summed E-state index contributed by atoms with van der Waals surface area (Å²) in [4.78, 5) is 29.0. The van der Waals surface area contributed by atoms with Gasteiger partial charge in [-0.1, -0.05) is 36.4 Å². The molecule has 0 saturated carbocycles. The predicted octanol–water partition coefficient (Wildman–Crippen LogP) is 2.94. The summed E-state index contributed by atoms with van der Waals surface area (Å²) in [5.41, 5.74) is 4.25. The molecule has 0 radical (unpaired) electrons. The number of benzene rings is 2. The summed E-state index contributed by atoms with van der Waals surface area (Å²) in [6.07, 6.45) is 1.63. The van der Waals surface area contributed by atoms with Crippen LogP contribution in [0.1, 0.15) is 24.5 Å². The van der Waals surface area contributed by atoms with Gasteiger partial charge < -0.3 is 9.80 Å². The zero-order valence-electron chi connectivity index (χ0n) is 13.7. The lowest BCUT2D eigenvalue weighted by molar-refractivity contribution is -0.126. The molecule has 0 spiro atoms. The lowest BCUT2D eigenvalue weighted by Crippen LogP contribution is -2.40. The van der Waals surface area contributed by atoms with Crippen molar-refractivity contribution < 1.29 is 9.59 Å². The molecule has 2 aliphatic heterocycles. The van der Waals surface area contributed by atoms with Gasteiger partial charge in [-0.15, -0.1) is 0 Å². The molecular weight excluding hydrogens is 300 g/mol. The van der Waals surface area contributed by atoms with Crippen molar-refractivity contribution in [1.29, 1.82) is 0 Å². The van der Waals surface area contributed by atoms with E-state index in [1.54, 1.807) is 9.80 Å². The third-order valence-electron chi connectivity index (χ3n) is 4.97. The first-order valence-electron chi connectivity index (χ1n) is 8.43. The minimum Gasteiger partial charge on any atom is -0.311 e. The van der Waals surface area contributed by atoms with Crippen LogP contribution in [0.25, 0.3) is 0 Å². The predicted molar refractivity (Wildman–Crippen MR) is 94.2 cm³/mol. The van der Waals surface area contributed by atoms with Gasteiger partial charge in [0.2, 0.25) is 11.8 Å². The molecule has 0 saturated heterocycles. The van der Waals surface area contributed by atoms with Crippen LogP contribution >= 0.6 is 0 Å². The molecule has 2 heterocycles.